The molecule has 0 aromatic rings. The highest BCUT2D eigenvalue weighted by Crippen LogP contribution is 2.14. The maximum atomic E-state index is 10.4. The highest BCUT2D eigenvalue weighted by molar-refractivity contribution is 5.66. The zero-order chi connectivity index (χ0) is 19.1. The van der Waals surface area contributed by atoms with Gasteiger partial charge in [0.1, 0.15) is 0 Å². The molecule has 0 aliphatic heterocycles. The molecule has 0 bridgehead atoms. The molecule has 154 valence electrons. The van der Waals surface area contributed by atoms with Crippen LogP contribution in [0.4, 0.5) is 0 Å². The van der Waals surface area contributed by atoms with Crippen LogP contribution in [0.15, 0.2) is 12.2 Å². The van der Waals surface area contributed by atoms with Crippen LogP contribution >= 0.6 is 0 Å². The summed E-state index contributed by atoms with van der Waals surface area (Å²) in [5.74, 6) is -0.684. The summed E-state index contributed by atoms with van der Waals surface area (Å²) in [7, 11) is 0. The van der Waals surface area contributed by atoms with Crippen molar-refractivity contribution in [2.24, 2.45) is 0 Å². The SMILES string of the molecule is CCCCCCCCCCCCCCCCCC/C=C/CCCC(=O)O. The van der Waals surface area contributed by atoms with E-state index in [4.69, 9.17) is 5.11 Å². The number of carboxylic acid groups (broad SMARTS) is 1. The van der Waals surface area contributed by atoms with Crippen LogP contribution in [0.3, 0.4) is 0 Å². The fraction of sp³-hybridized carbons (Fsp3) is 0.875. The molecule has 0 saturated heterocycles. The zero-order valence-corrected chi connectivity index (χ0v) is 17.7. The van der Waals surface area contributed by atoms with Crippen molar-refractivity contribution in [3.8, 4) is 0 Å². The van der Waals surface area contributed by atoms with Crippen molar-refractivity contribution in [3.63, 3.8) is 0 Å². The molecule has 0 aromatic heterocycles. The van der Waals surface area contributed by atoms with Gasteiger partial charge in [0.2, 0.25) is 0 Å². The van der Waals surface area contributed by atoms with Crippen molar-refractivity contribution < 1.29 is 9.90 Å². The molecule has 0 fully saturated rings. The van der Waals surface area contributed by atoms with E-state index in [0.29, 0.717) is 6.42 Å². The Morgan fingerprint density at radius 1 is 0.577 bits per heavy atom. The first kappa shape index (κ1) is 25.2. The predicted octanol–water partition coefficient (Wildman–Crippen LogP) is 8.45. The van der Waals surface area contributed by atoms with Gasteiger partial charge >= 0.3 is 5.97 Å². The second-order valence-corrected chi connectivity index (χ2v) is 7.85. The van der Waals surface area contributed by atoms with Crippen LogP contribution in [0, 0.1) is 0 Å². The van der Waals surface area contributed by atoms with Crippen LogP contribution < -0.4 is 0 Å². The minimum absolute atomic E-state index is 0.295. The number of carboxylic acids is 1. The molecule has 0 spiro atoms. The summed E-state index contributed by atoms with van der Waals surface area (Å²) >= 11 is 0. The summed E-state index contributed by atoms with van der Waals surface area (Å²) in [6.07, 6.45) is 30.1. The molecule has 0 unspecified atom stereocenters. The number of aliphatic carboxylic acids is 1. The number of hydrogen-bond acceptors (Lipinski definition) is 1. The Morgan fingerprint density at radius 3 is 1.31 bits per heavy atom. The van der Waals surface area contributed by atoms with E-state index < -0.39 is 5.97 Å². The van der Waals surface area contributed by atoms with Crippen LogP contribution in [0.1, 0.15) is 135 Å². The maximum absolute atomic E-state index is 10.4. The average molecular weight is 367 g/mol. The van der Waals surface area contributed by atoms with Gasteiger partial charge in [-0.15, -0.1) is 0 Å². The van der Waals surface area contributed by atoms with Crippen LogP contribution in [0.2, 0.25) is 0 Å². The Morgan fingerprint density at radius 2 is 0.923 bits per heavy atom. The quantitative estimate of drug-likeness (QED) is 0.163. The lowest BCUT2D eigenvalue weighted by Gasteiger charge is -2.03. The highest BCUT2D eigenvalue weighted by Gasteiger charge is 1.95. The molecule has 1 N–H and O–H groups in total. The molecule has 26 heavy (non-hydrogen) atoms. The van der Waals surface area contributed by atoms with E-state index in [-0.39, 0.29) is 0 Å². The van der Waals surface area contributed by atoms with E-state index in [1.807, 2.05) is 0 Å². The van der Waals surface area contributed by atoms with Crippen LogP contribution in [-0.4, -0.2) is 11.1 Å². The van der Waals surface area contributed by atoms with Crippen molar-refractivity contribution in [2.75, 3.05) is 0 Å². The fourth-order valence-corrected chi connectivity index (χ4v) is 3.42. The summed E-state index contributed by atoms with van der Waals surface area (Å²) < 4.78 is 0. The van der Waals surface area contributed by atoms with Gasteiger partial charge < -0.3 is 5.11 Å². The summed E-state index contributed by atoms with van der Waals surface area (Å²) in [6.45, 7) is 2.28. The Bertz CT molecular complexity index is 309. The smallest absolute Gasteiger partial charge is 0.303 e. The van der Waals surface area contributed by atoms with Gasteiger partial charge in [0.05, 0.1) is 0 Å². The molecule has 0 rings (SSSR count). The van der Waals surface area contributed by atoms with Gasteiger partial charge in [0.25, 0.3) is 0 Å². The molecule has 2 heteroatoms. The van der Waals surface area contributed by atoms with E-state index in [1.54, 1.807) is 0 Å². The first-order chi connectivity index (χ1) is 12.8. The third-order valence-electron chi connectivity index (χ3n) is 5.15. The van der Waals surface area contributed by atoms with E-state index in [1.165, 1.54) is 103 Å². The van der Waals surface area contributed by atoms with Crippen LogP contribution in [0.25, 0.3) is 0 Å². The fourth-order valence-electron chi connectivity index (χ4n) is 3.42. The number of carbonyl (C=O) groups is 1. The van der Waals surface area contributed by atoms with Gasteiger partial charge in [0, 0.05) is 6.42 Å². The number of allylic oxidation sites excluding steroid dienone is 2. The molecule has 0 amide bonds. The van der Waals surface area contributed by atoms with Gasteiger partial charge in [-0.2, -0.15) is 0 Å². The number of rotatable bonds is 21. The Labute approximate surface area is 163 Å². The third-order valence-corrected chi connectivity index (χ3v) is 5.15. The van der Waals surface area contributed by atoms with Crippen LogP contribution in [-0.2, 0) is 4.79 Å². The van der Waals surface area contributed by atoms with Gasteiger partial charge in [-0.05, 0) is 25.7 Å². The summed E-state index contributed by atoms with van der Waals surface area (Å²) in [5, 5.41) is 8.55. The second-order valence-electron chi connectivity index (χ2n) is 7.85. The van der Waals surface area contributed by atoms with Crippen molar-refractivity contribution in [1.82, 2.24) is 0 Å². The van der Waals surface area contributed by atoms with Crippen molar-refractivity contribution in [1.29, 1.82) is 0 Å². The Kier molecular flexibility index (Phi) is 21.6. The summed E-state index contributed by atoms with van der Waals surface area (Å²) in [5.41, 5.74) is 0. The lowest BCUT2D eigenvalue weighted by molar-refractivity contribution is -0.137. The predicted molar refractivity (Wildman–Crippen MR) is 115 cm³/mol. The van der Waals surface area contributed by atoms with Crippen LogP contribution in [0.5, 0.6) is 0 Å². The lowest BCUT2D eigenvalue weighted by atomic mass is 10.0. The zero-order valence-electron chi connectivity index (χ0n) is 17.7. The Balaban J connectivity index is 3.05. The van der Waals surface area contributed by atoms with E-state index in [9.17, 15) is 4.79 Å². The maximum Gasteiger partial charge on any atom is 0.303 e. The van der Waals surface area contributed by atoms with Crippen molar-refractivity contribution >= 4 is 5.97 Å². The standard InChI is InChI=1S/C24H46O2/c1-2-3-4-5-6-7-8-9-10-11-12-13-14-15-16-17-18-19-20-21-22-23-24(25)26/h19-20H,2-18,21-23H2,1H3,(H,25,26)/b20-19+. The first-order valence-electron chi connectivity index (χ1n) is 11.6. The summed E-state index contributed by atoms with van der Waals surface area (Å²) in [4.78, 5) is 10.4. The molecule has 0 aliphatic rings. The average Bonchev–Trinajstić information content (AvgIpc) is 2.62. The first-order valence-corrected chi connectivity index (χ1v) is 11.6. The molecule has 2 nitrogen and oxygen atoms in total. The van der Waals surface area contributed by atoms with Gasteiger partial charge in [-0.25, -0.2) is 0 Å². The molecule has 0 atom stereocenters. The molecule has 0 aliphatic carbocycles. The third kappa shape index (κ3) is 23.2. The van der Waals surface area contributed by atoms with Gasteiger partial charge in [-0.3, -0.25) is 4.79 Å². The Hall–Kier alpha value is -0.790. The van der Waals surface area contributed by atoms with Gasteiger partial charge in [0.15, 0.2) is 0 Å². The monoisotopic (exact) mass is 366 g/mol. The van der Waals surface area contributed by atoms with E-state index >= 15 is 0 Å². The lowest BCUT2D eigenvalue weighted by Crippen LogP contribution is -1.92. The minimum Gasteiger partial charge on any atom is -0.481 e. The minimum atomic E-state index is -0.684. The highest BCUT2D eigenvalue weighted by atomic mass is 16.4. The molecular formula is C24H46O2. The van der Waals surface area contributed by atoms with Crippen molar-refractivity contribution in [2.45, 2.75) is 135 Å². The molecule has 0 aromatic carbocycles. The molecular weight excluding hydrogens is 320 g/mol. The van der Waals surface area contributed by atoms with Crippen molar-refractivity contribution in [3.05, 3.63) is 12.2 Å². The van der Waals surface area contributed by atoms with E-state index in [2.05, 4.69) is 19.1 Å². The van der Waals surface area contributed by atoms with E-state index in [0.717, 1.165) is 19.3 Å². The number of unbranched alkanes of at least 4 members (excludes halogenated alkanes) is 17. The molecule has 0 radical (unpaired) electrons. The molecule has 0 saturated carbocycles. The molecule has 0 heterocycles. The largest absolute Gasteiger partial charge is 0.481 e. The topological polar surface area (TPSA) is 37.3 Å². The summed E-state index contributed by atoms with van der Waals surface area (Å²) in [6, 6.07) is 0. The normalized spacial score (nSPS) is 11.4. The van der Waals surface area contributed by atoms with Gasteiger partial charge in [-0.1, -0.05) is 115 Å². The number of hydrogen-bond donors (Lipinski definition) is 1. The second kappa shape index (κ2) is 22.3.